The lowest BCUT2D eigenvalue weighted by atomic mass is 10.0. The Kier molecular flexibility index (Phi) is 4.49. The van der Waals surface area contributed by atoms with Crippen molar-refractivity contribution in [1.29, 1.82) is 0 Å². The summed E-state index contributed by atoms with van der Waals surface area (Å²) in [6.07, 6.45) is 2.04. The first-order valence-corrected chi connectivity index (χ1v) is 10.8. The third kappa shape index (κ3) is 3.05. The molecule has 5 heteroatoms. The van der Waals surface area contributed by atoms with Crippen LogP contribution < -0.4 is 0 Å². The summed E-state index contributed by atoms with van der Waals surface area (Å²) in [5.74, 6) is 0. The van der Waals surface area contributed by atoms with Gasteiger partial charge in [0.1, 0.15) is 0 Å². The van der Waals surface area contributed by atoms with Gasteiger partial charge in [-0.25, -0.2) is 4.98 Å². The molecule has 4 nitrogen and oxygen atoms in total. The van der Waals surface area contributed by atoms with E-state index in [0.717, 1.165) is 31.4 Å². The molecule has 1 aliphatic heterocycles. The first kappa shape index (κ1) is 17.6. The van der Waals surface area contributed by atoms with Gasteiger partial charge in [0.15, 0.2) is 0 Å². The molecule has 0 aliphatic carbocycles. The molecule has 0 saturated heterocycles. The molecule has 0 spiro atoms. The first-order valence-electron chi connectivity index (χ1n) is 9.88. The molecule has 0 N–H and O–H groups in total. The van der Waals surface area contributed by atoms with E-state index in [2.05, 4.69) is 77.1 Å². The normalized spacial score (nSPS) is 16.1. The molecule has 28 heavy (non-hydrogen) atoms. The fourth-order valence-corrected chi connectivity index (χ4v) is 5.05. The molecule has 142 valence electrons. The fraction of sp³-hybridized carbons (Fsp3) is 0.304. The number of rotatable bonds is 3. The predicted octanol–water partition coefficient (Wildman–Crippen LogP) is 4.86. The van der Waals surface area contributed by atoms with Crippen molar-refractivity contribution >= 4 is 21.6 Å². The SMILES string of the molecule is CC(c1ccc2scnc2c1)N1CCc2nn(C)c(-c3ccccc3)c2CC1. The lowest BCUT2D eigenvalue weighted by Crippen LogP contribution is -2.29. The van der Waals surface area contributed by atoms with Crippen LogP contribution in [0.2, 0.25) is 0 Å². The van der Waals surface area contributed by atoms with Crippen molar-refractivity contribution in [3.63, 3.8) is 0 Å². The number of hydrogen-bond acceptors (Lipinski definition) is 4. The van der Waals surface area contributed by atoms with E-state index >= 15 is 0 Å². The third-order valence-electron chi connectivity index (χ3n) is 5.95. The van der Waals surface area contributed by atoms with Crippen LogP contribution >= 0.6 is 11.3 Å². The van der Waals surface area contributed by atoms with Gasteiger partial charge >= 0.3 is 0 Å². The van der Waals surface area contributed by atoms with Gasteiger partial charge in [-0.2, -0.15) is 5.10 Å². The largest absolute Gasteiger partial charge is 0.296 e. The highest BCUT2D eigenvalue weighted by Gasteiger charge is 2.25. The number of thiazole rings is 1. The van der Waals surface area contributed by atoms with Crippen LogP contribution in [0.3, 0.4) is 0 Å². The van der Waals surface area contributed by atoms with E-state index in [9.17, 15) is 0 Å². The van der Waals surface area contributed by atoms with Crippen LogP contribution in [0.15, 0.2) is 54.0 Å². The monoisotopic (exact) mass is 388 g/mol. The quantitative estimate of drug-likeness (QED) is 0.503. The zero-order chi connectivity index (χ0) is 19.1. The summed E-state index contributed by atoms with van der Waals surface area (Å²) in [4.78, 5) is 7.08. The van der Waals surface area contributed by atoms with Crippen LogP contribution in [0, 0.1) is 0 Å². The number of aromatic nitrogens is 3. The number of aryl methyl sites for hydroxylation is 1. The van der Waals surface area contributed by atoms with Gasteiger partial charge in [-0.15, -0.1) is 11.3 Å². The summed E-state index contributed by atoms with van der Waals surface area (Å²) in [6, 6.07) is 17.8. The van der Waals surface area contributed by atoms with Gasteiger partial charge in [0.2, 0.25) is 0 Å². The average molecular weight is 389 g/mol. The highest BCUT2D eigenvalue weighted by molar-refractivity contribution is 7.16. The van der Waals surface area contributed by atoms with Crippen molar-refractivity contribution in [3.05, 3.63) is 70.9 Å². The molecule has 3 heterocycles. The predicted molar refractivity (Wildman–Crippen MR) is 116 cm³/mol. The van der Waals surface area contributed by atoms with Crippen LogP contribution in [-0.4, -0.2) is 32.8 Å². The molecule has 2 aromatic carbocycles. The second kappa shape index (κ2) is 7.15. The highest BCUT2D eigenvalue weighted by atomic mass is 32.1. The minimum Gasteiger partial charge on any atom is -0.296 e. The van der Waals surface area contributed by atoms with E-state index < -0.39 is 0 Å². The molecule has 0 radical (unpaired) electrons. The van der Waals surface area contributed by atoms with Crippen LogP contribution in [0.5, 0.6) is 0 Å². The van der Waals surface area contributed by atoms with Crippen molar-refractivity contribution in [1.82, 2.24) is 19.7 Å². The smallest absolute Gasteiger partial charge is 0.0815 e. The van der Waals surface area contributed by atoms with E-state index in [0.29, 0.717) is 6.04 Å². The molecule has 1 atom stereocenters. The summed E-state index contributed by atoms with van der Waals surface area (Å²) >= 11 is 1.70. The summed E-state index contributed by atoms with van der Waals surface area (Å²) in [7, 11) is 2.07. The second-order valence-corrected chi connectivity index (χ2v) is 8.44. The molecule has 2 aromatic heterocycles. The third-order valence-corrected chi connectivity index (χ3v) is 6.76. The second-order valence-electron chi connectivity index (χ2n) is 7.55. The molecule has 0 fully saturated rings. The number of hydrogen-bond donors (Lipinski definition) is 0. The van der Waals surface area contributed by atoms with E-state index in [1.807, 2.05) is 5.51 Å². The van der Waals surface area contributed by atoms with Crippen LogP contribution in [-0.2, 0) is 19.9 Å². The van der Waals surface area contributed by atoms with Crippen molar-refractivity contribution < 1.29 is 0 Å². The summed E-state index contributed by atoms with van der Waals surface area (Å²) in [5.41, 5.74) is 9.59. The Labute approximate surface area is 169 Å². The molecular formula is C23H24N4S. The van der Waals surface area contributed by atoms with E-state index in [-0.39, 0.29) is 0 Å². The van der Waals surface area contributed by atoms with Crippen LogP contribution in [0.1, 0.15) is 29.8 Å². The molecule has 4 aromatic rings. The zero-order valence-corrected chi connectivity index (χ0v) is 17.1. The minimum absolute atomic E-state index is 0.379. The van der Waals surface area contributed by atoms with E-state index in [1.165, 1.54) is 32.8 Å². The van der Waals surface area contributed by atoms with Gasteiger partial charge in [-0.3, -0.25) is 9.58 Å². The van der Waals surface area contributed by atoms with Crippen LogP contribution in [0.4, 0.5) is 0 Å². The van der Waals surface area contributed by atoms with Gasteiger partial charge in [0, 0.05) is 43.7 Å². The standard InChI is InChI=1S/C23H24N4S/c1-16(18-8-9-22-21(14-18)24-15-28-22)27-12-10-19-20(11-13-27)25-26(2)23(19)17-6-4-3-5-7-17/h3-9,14-16H,10-13H2,1-2H3. The summed E-state index contributed by atoms with van der Waals surface area (Å²) < 4.78 is 3.33. The lowest BCUT2D eigenvalue weighted by Gasteiger charge is -2.28. The number of nitrogens with zero attached hydrogens (tertiary/aromatic N) is 4. The Morgan fingerprint density at radius 1 is 1.04 bits per heavy atom. The average Bonchev–Trinajstić information content (AvgIpc) is 3.25. The number of benzene rings is 2. The Bertz CT molecular complexity index is 1110. The van der Waals surface area contributed by atoms with Crippen molar-refractivity contribution in [2.45, 2.75) is 25.8 Å². The Balaban J connectivity index is 1.41. The van der Waals surface area contributed by atoms with Crippen molar-refractivity contribution in [2.24, 2.45) is 7.05 Å². The molecule has 0 bridgehead atoms. The molecule has 0 saturated carbocycles. The zero-order valence-electron chi connectivity index (χ0n) is 16.3. The first-order chi connectivity index (χ1) is 13.7. The molecule has 0 amide bonds. The van der Waals surface area contributed by atoms with Crippen molar-refractivity contribution in [2.75, 3.05) is 13.1 Å². The maximum Gasteiger partial charge on any atom is 0.0815 e. The van der Waals surface area contributed by atoms with E-state index in [4.69, 9.17) is 5.10 Å². The van der Waals surface area contributed by atoms with Gasteiger partial charge in [-0.05, 0) is 31.0 Å². The minimum atomic E-state index is 0.379. The molecular weight excluding hydrogens is 364 g/mol. The van der Waals surface area contributed by atoms with Crippen molar-refractivity contribution in [3.8, 4) is 11.3 Å². The lowest BCUT2D eigenvalue weighted by molar-refractivity contribution is 0.220. The fourth-order valence-electron chi connectivity index (χ4n) is 4.39. The van der Waals surface area contributed by atoms with Gasteiger partial charge in [0.25, 0.3) is 0 Å². The molecule has 1 unspecified atom stereocenters. The Hall–Kier alpha value is -2.50. The van der Waals surface area contributed by atoms with E-state index in [1.54, 1.807) is 11.3 Å². The maximum atomic E-state index is 4.87. The topological polar surface area (TPSA) is 34.0 Å². The maximum absolute atomic E-state index is 4.87. The molecule has 5 rings (SSSR count). The Morgan fingerprint density at radius 3 is 2.71 bits per heavy atom. The summed E-state index contributed by atoms with van der Waals surface area (Å²) in [5, 5.41) is 4.87. The Morgan fingerprint density at radius 2 is 1.86 bits per heavy atom. The highest BCUT2D eigenvalue weighted by Crippen LogP contribution is 2.31. The molecule has 1 aliphatic rings. The van der Waals surface area contributed by atoms with Gasteiger partial charge < -0.3 is 0 Å². The van der Waals surface area contributed by atoms with Crippen LogP contribution in [0.25, 0.3) is 21.5 Å². The van der Waals surface area contributed by atoms with Gasteiger partial charge in [-0.1, -0.05) is 36.4 Å². The number of fused-ring (bicyclic) bond motifs is 2. The summed E-state index contributed by atoms with van der Waals surface area (Å²) in [6.45, 7) is 4.40. The van der Waals surface area contributed by atoms with Gasteiger partial charge in [0.05, 0.1) is 27.1 Å².